The van der Waals surface area contributed by atoms with E-state index in [2.05, 4.69) is 32.5 Å². The summed E-state index contributed by atoms with van der Waals surface area (Å²) in [6.07, 6.45) is 0.320. The first kappa shape index (κ1) is 26.5. The molecule has 5 rings (SSSR count). The van der Waals surface area contributed by atoms with Crippen molar-refractivity contribution < 1.29 is 22.7 Å². The number of pyridine rings is 1. The van der Waals surface area contributed by atoms with Gasteiger partial charge in [-0.3, -0.25) is 9.78 Å². The van der Waals surface area contributed by atoms with Crippen LogP contribution in [-0.2, 0) is 13.2 Å². The molecule has 0 saturated carbocycles. The number of anilines is 2. The molecule has 204 valence electrons. The number of likely N-dealkylation sites (tertiary alicyclic amines) is 1. The highest BCUT2D eigenvalue weighted by atomic mass is 19.4. The molecule has 39 heavy (non-hydrogen) atoms. The van der Waals surface area contributed by atoms with E-state index in [4.69, 9.17) is 4.74 Å². The Kier molecular flexibility index (Phi) is 7.42. The number of aromatic nitrogens is 3. The average molecular weight is 539 g/mol. The number of benzene rings is 2. The molecule has 1 aliphatic rings. The number of nitrogens with one attached hydrogen (secondary N) is 2. The third kappa shape index (κ3) is 6.14. The Bertz CT molecular complexity index is 1490. The Morgan fingerprint density at radius 3 is 2.69 bits per heavy atom. The van der Waals surface area contributed by atoms with E-state index in [1.165, 1.54) is 18.7 Å². The quantitative estimate of drug-likeness (QED) is 0.298. The summed E-state index contributed by atoms with van der Waals surface area (Å²) in [5, 5.41) is 5.89. The summed E-state index contributed by atoms with van der Waals surface area (Å²) in [5.41, 5.74) is 1.15. The predicted molar refractivity (Wildman–Crippen MR) is 142 cm³/mol. The van der Waals surface area contributed by atoms with Crippen molar-refractivity contribution in [2.45, 2.75) is 31.5 Å². The molecule has 0 spiro atoms. The van der Waals surface area contributed by atoms with Gasteiger partial charge in [0, 0.05) is 43.7 Å². The lowest BCUT2D eigenvalue weighted by molar-refractivity contribution is -0.137. The second-order valence-corrected chi connectivity index (χ2v) is 9.65. The number of halogens is 3. The fourth-order valence-electron chi connectivity index (χ4n) is 4.78. The molecule has 0 aliphatic carbocycles. The number of aryl methyl sites for hydroxylation is 1. The van der Waals surface area contributed by atoms with Crippen molar-refractivity contribution in [2.24, 2.45) is 7.05 Å². The van der Waals surface area contributed by atoms with E-state index < -0.39 is 11.7 Å². The summed E-state index contributed by atoms with van der Waals surface area (Å²) < 4.78 is 47.0. The van der Waals surface area contributed by atoms with Crippen LogP contribution in [0.5, 0.6) is 11.5 Å². The maximum Gasteiger partial charge on any atom is 0.416 e. The van der Waals surface area contributed by atoms with Crippen molar-refractivity contribution >= 4 is 28.6 Å². The summed E-state index contributed by atoms with van der Waals surface area (Å²) in [5.74, 6) is 1.07. The monoisotopic (exact) mass is 538 g/mol. The van der Waals surface area contributed by atoms with Gasteiger partial charge < -0.3 is 24.8 Å². The van der Waals surface area contributed by atoms with Crippen molar-refractivity contribution in [1.82, 2.24) is 24.8 Å². The van der Waals surface area contributed by atoms with E-state index in [-0.39, 0.29) is 17.3 Å². The molecule has 3 heterocycles. The van der Waals surface area contributed by atoms with Crippen LogP contribution in [0.2, 0.25) is 0 Å². The van der Waals surface area contributed by atoms with Gasteiger partial charge in [-0.1, -0.05) is 6.07 Å². The number of imidazole rings is 1. The third-order valence-corrected chi connectivity index (χ3v) is 6.93. The van der Waals surface area contributed by atoms with Crippen molar-refractivity contribution in [1.29, 1.82) is 0 Å². The number of amides is 1. The minimum atomic E-state index is -4.43. The molecule has 0 bridgehead atoms. The van der Waals surface area contributed by atoms with Crippen molar-refractivity contribution in [3.8, 4) is 11.5 Å². The third-order valence-electron chi connectivity index (χ3n) is 6.93. The van der Waals surface area contributed by atoms with Gasteiger partial charge in [-0.05, 0) is 69.3 Å². The Morgan fingerprint density at radius 2 is 1.92 bits per heavy atom. The van der Waals surface area contributed by atoms with Crippen LogP contribution in [0.15, 0.2) is 60.8 Å². The van der Waals surface area contributed by atoms with Gasteiger partial charge in [-0.15, -0.1) is 0 Å². The number of carbonyl (C=O) groups is 1. The maximum absolute atomic E-state index is 13.1. The Labute approximate surface area is 223 Å². The van der Waals surface area contributed by atoms with Crippen molar-refractivity contribution in [3.63, 3.8) is 0 Å². The van der Waals surface area contributed by atoms with Crippen LogP contribution >= 0.6 is 0 Å². The molecule has 1 amide bonds. The number of carbonyl (C=O) groups excluding carboxylic acids is 1. The standard InChI is InChI=1S/C28H29F3N6O2/c1-36-14-4-7-20(36)10-12-33-26(38)24-17-22(11-13-32-24)39-21-8-9-25-23(16-21)35-27(37(25)2)34-19-6-3-5-18(15-19)28(29,30)31/h3,5-6,8-9,11,13,15-17,20H,4,7,10,12,14H2,1-2H3,(H,33,38)(H,34,35). The van der Waals surface area contributed by atoms with Crippen LogP contribution in [0.25, 0.3) is 11.0 Å². The fraction of sp³-hybridized carbons (Fsp3) is 0.321. The van der Waals surface area contributed by atoms with Crippen LogP contribution < -0.4 is 15.4 Å². The lowest BCUT2D eigenvalue weighted by atomic mass is 10.1. The summed E-state index contributed by atoms with van der Waals surface area (Å²) in [6, 6.07) is 14.0. The summed E-state index contributed by atoms with van der Waals surface area (Å²) in [6.45, 7) is 1.67. The fourth-order valence-corrected chi connectivity index (χ4v) is 4.78. The molecule has 2 aromatic carbocycles. The van der Waals surface area contributed by atoms with Gasteiger partial charge in [0.15, 0.2) is 0 Å². The molecule has 1 fully saturated rings. The smallest absolute Gasteiger partial charge is 0.416 e. The Hall–Kier alpha value is -4.12. The summed E-state index contributed by atoms with van der Waals surface area (Å²) in [7, 11) is 3.88. The molecule has 1 atom stereocenters. The summed E-state index contributed by atoms with van der Waals surface area (Å²) in [4.78, 5) is 23.6. The van der Waals surface area contributed by atoms with E-state index in [0.29, 0.717) is 35.6 Å². The minimum Gasteiger partial charge on any atom is -0.457 e. The Balaban J connectivity index is 1.26. The van der Waals surface area contributed by atoms with E-state index in [0.717, 1.165) is 37.0 Å². The molecule has 1 saturated heterocycles. The number of hydrogen-bond donors (Lipinski definition) is 2. The maximum atomic E-state index is 13.1. The van der Waals surface area contributed by atoms with Gasteiger partial charge in [0.1, 0.15) is 17.2 Å². The van der Waals surface area contributed by atoms with Gasteiger partial charge in [0.05, 0.1) is 16.6 Å². The highest BCUT2D eigenvalue weighted by Gasteiger charge is 2.30. The SMILES string of the molecule is CN1CCCC1CCNC(=O)c1cc(Oc2ccc3c(c2)nc(Nc2cccc(C(F)(F)F)c2)n3C)ccn1. The lowest BCUT2D eigenvalue weighted by Gasteiger charge is -2.19. The Morgan fingerprint density at radius 1 is 1.10 bits per heavy atom. The lowest BCUT2D eigenvalue weighted by Crippen LogP contribution is -2.32. The molecular weight excluding hydrogens is 509 g/mol. The summed E-state index contributed by atoms with van der Waals surface area (Å²) >= 11 is 0. The molecule has 4 aromatic rings. The molecule has 2 aromatic heterocycles. The number of alkyl halides is 3. The topological polar surface area (TPSA) is 84.3 Å². The molecule has 1 unspecified atom stereocenters. The number of hydrogen-bond acceptors (Lipinski definition) is 6. The number of fused-ring (bicyclic) bond motifs is 1. The van der Waals surface area contributed by atoms with E-state index in [1.54, 1.807) is 41.9 Å². The zero-order valence-corrected chi connectivity index (χ0v) is 21.6. The molecular formula is C28H29F3N6O2. The predicted octanol–water partition coefficient (Wildman–Crippen LogP) is 5.74. The second kappa shape index (κ2) is 10.9. The van der Waals surface area contributed by atoms with E-state index >= 15 is 0 Å². The second-order valence-electron chi connectivity index (χ2n) is 9.65. The van der Waals surface area contributed by atoms with Gasteiger partial charge in [0.2, 0.25) is 5.95 Å². The van der Waals surface area contributed by atoms with Crippen LogP contribution in [0.4, 0.5) is 24.8 Å². The van der Waals surface area contributed by atoms with Gasteiger partial charge >= 0.3 is 6.18 Å². The van der Waals surface area contributed by atoms with Crippen LogP contribution in [-0.4, -0.2) is 51.5 Å². The van der Waals surface area contributed by atoms with Gasteiger partial charge in [-0.2, -0.15) is 13.2 Å². The van der Waals surface area contributed by atoms with Crippen molar-refractivity contribution in [3.05, 3.63) is 72.1 Å². The molecule has 11 heteroatoms. The first-order chi connectivity index (χ1) is 18.7. The first-order valence-corrected chi connectivity index (χ1v) is 12.7. The van der Waals surface area contributed by atoms with Crippen LogP contribution in [0.3, 0.4) is 0 Å². The minimum absolute atomic E-state index is 0.258. The first-order valence-electron chi connectivity index (χ1n) is 12.7. The van der Waals surface area contributed by atoms with E-state index in [1.807, 2.05) is 6.07 Å². The van der Waals surface area contributed by atoms with Crippen molar-refractivity contribution in [2.75, 3.05) is 25.5 Å². The number of ether oxygens (including phenoxy) is 1. The number of nitrogens with zero attached hydrogens (tertiary/aromatic N) is 4. The molecule has 1 aliphatic heterocycles. The molecule has 0 radical (unpaired) electrons. The zero-order chi connectivity index (χ0) is 27.6. The van der Waals surface area contributed by atoms with Gasteiger partial charge in [0.25, 0.3) is 5.91 Å². The van der Waals surface area contributed by atoms with Crippen LogP contribution in [0.1, 0.15) is 35.3 Å². The largest absolute Gasteiger partial charge is 0.457 e. The van der Waals surface area contributed by atoms with Gasteiger partial charge in [-0.25, -0.2) is 4.98 Å². The van der Waals surface area contributed by atoms with E-state index in [9.17, 15) is 18.0 Å². The average Bonchev–Trinajstić information content (AvgIpc) is 3.45. The molecule has 2 N–H and O–H groups in total. The zero-order valence-electron chi connectivity index (χ0n) is 21.6. The highest BCUT2D eigenvalue weighted by molar-refractivity contribution is 5.92. The van der Waals surface area contributed by atoms with Crippen LogP contribution in [0, 0.1) is 0 Å². The molecule has 8 nitrogen and oxygen atoms in total. The normalized spacial score (nSPS) is 16.0. The highest BCUT2D eigenvalue weighted by Crippen LogP contribution is 2.32. The number of rotatable bonds is 8.